The largest absolute Gasteiger partial charge is 0.374 e. The van der Waals surface area contributed by atoms with E-state index in [1.165, 1.54) is 10.3 Å². The molecule has 0 spiro atoms. The van der Waals surface area contributed by atoms with Crippen molar-refractivity contribution in [1.29, 1.82) is 0 Å². The number of thiazole rings is 1. The second-order valence-corrected chi connectivity index (χ2v) is 8.61. The van der Waals surface area contributed by atoms with E-state index in [0.29, 0.717) is 6.54 Å². The molecule has 30 heavy (non-hydrogen) atoms. The zero-order valence-corrected chi connectivity index (χ0v) is 18.0. The number of fused-ring (bicyclic) bond motifs is 1. The van der Waals surface area contributed by atoms with E-state index in [9.17, 15) is 4.79 Å². The summed E-state index contributed by atoms with van der Waals surface area (Å²) < 4.78 is 1.22. The van der Waals surface area contributed by atoms with E-state index < -0.39 is 0 Å². The second-order valence-electron chi connectivity index (χ2n) is 7.49. The monoisotopic (exact) mass is 415 g/mol. The number of likely N-dealkylation sites (N-methyl/N-ethyl adjacent to an activating group) is 1. The molecule has 1 unspecified atom stereocenters. The van der Waals surface area contributed by atoms with Gasteiger partial charge in [0.05, 0.1) is 15.2 Å². The van der Waals surface area contributed by atoms with Crippen molar-refractivity contribution in [2.45, 2.75) is 25.9 Å². The fraction of sp³-hybridized carbons (Fsp3) is 0.200. The Balaban J connectivity index is 1.34. The summed E-state index contributed by atoms with van der Waals surface area (Å²) in [5, 5.41) is 4.43. The Bertz CT molecular complexity index is 1090. The lowest BCUT2D eigenvalue weighted by atomic mass is 10.1. The third kappa shape index (κ3) is 4.86. The number of amides is 1. The molecule has 4 nitrogen and oxygen atoms in total. The van der Waals surface area contributed by atoms with Crippen molar-refractivity contribution in [2.75, 3.05) is 12.4 Å². The normalized spacial score (nSPS) is 11.9. The first kappa shape index (κ1) is 20.1. The molecule has 0 aliphatic heterocycles. The van der Waals surface area contributed by atoms with Crippen LogP contribution in [0.5, 0.6) is 0 Å². The van der Waals surface area contributed by atoms with Crippen LogP contribution in [-0.2, 0) is 17.8 Å². The molecular weight excluding hydrogens is 390 g/mol. The van der Waals surface area contributed by atoms with Gasteiger partial charge >= 0.3 is 0 Å². The molecular formula is C25H25N3OS. The molecule has 1 amide bonds. The highest BCUT2D eigenvalue weighted by molar-refractivity contribution is 7.18. The lowest BCUT2D eigenvalue weighted by Crippen LogP contribution is -2.38. The number of hydrogen-bond acceptors (Lipinski definition) is 4. The second kappa shape index (κ2) is 9.09. The van der Waals surface area contributed by atoms with Crippen LogP contribution < -0.4 is 5.32 Å². The molecule has 5 heteroatoms. The van der Waals surface area contributed by atoms with Gasteiger partial charge in [-0.25, -0.2) is 4.98 Å². The number of hydrogen-bond donors (Lipinski definition) is 1. The number of nitrogens with zero attached hydrogens (tertiary/aromatic N) is 2. The standard InChI is InChI=1S/C25H25N3OS/c1-18(25(29)28(2)17-20-8-4-3-5-9-20)26-21-14-12-19(13-15-21)16-24-27-22-10-6-7-11-23(22)30-24/h3-15,18,26H,16-17H2,1-2H3. The van der Waals surface area contributed by atoms with Crippen molar-refractivity contribution in [3.05, 3.63) is 95.0 Å². The zero-order valence-electron chi connectivity index (χ0n) is 17.2. The van der Waals surface area contributed by atoms with Gasteiger partial charge < -0.3 is 10.2 Å². The Morgan fingerprint density at radius 2 is 1.67 bits per heavy atom. The first-order chi connectivity index (χ1) is 14.6. The van der Waals surface area contributed by atoms with Crippen molar-refractivity contribution < 1.29 is 4.79 Å². The predicted octanol–water partition coefficient (Wildman–Crippen LogP) is 5.35. The van der Waals surface area contributed by atoms with Gasteiger partial charge in [0.2, 0.25) is 5.91 Å². The number of anilines is 1. The van der Waals surface area contributed by atoms with Gasteiger partial charge in [-0.3, -0.25) is 4.79 Å². The van der Waals surface area contributed by atoms with Gasteiger partial charge in [0.1, 0.15) is 6.04 Å². The van der Waals surface area contributed by atoms with Gasteiger partial charge in [-0.15, -0.1) is 11.3 Å². The number of aromatic nitrogens is 1. The molecule has 152 valence electrons. The van der Waals surface area contributed by atoms with E-state index >= 15 is 0 Å². The molecule has 0 saturated heterocycles. The van der Waals surface area contributed by atoms with E-state index in [4.69, 9.17) is 4.98 Å². The topological polar surface area (TPSA) is 45.2 Å². The van der Waals surface area contributed by atoms with Crippen molar-refractivity contribution in [3.8, 4) is 0 Å². The van der Waals surface area contributed by atoms with Gasteiger partial charge in [0.25, 0.3) is 0 Å². The van der Waals surface area contributed by atoms with Gasteiger partial charge in [-0.2, -0.15) is 0 Å². The van der Waals surface area contributed by atoms with Crippen LogP contribution >= 0.6 is 11.3 Å². The zero-order chi connectivity index (χ0) is 20.9. The summed E-state index contributed by atoms with van der Waals surface area (Å²) in [5.74, 6) is 0.0670. The minimum atomic E-state index is -0.297. The van der Waals surface area contributed by atoms with E-state index in [2.05, 4.69) is 29.6 Å². The van der Waals surface area contributed by atoms with Crippen LogP contribution in [0.2, 0.25) is 0 Å². The molecule has 0 saturated carbocycles. The number of carbonyl (C=O) groups excluding carboxylic acids is 1. The van der Waals surface area contributed by atoms with E-state index in [0.717, 1.165) is 28.2 Å². The first-order valence-corrected chi connectivity index (χ1v) is 10.9. The molecule has 3 aromatic carbocycles. The Morgan fingerprint density at radius 3 is 2.40 bits per heavy atom. The van der Waals surface area contributed by atoms with Gasteiger partial charge in [-0.1, -0.05) is 54.6 Å². The van der Waals surface area contributed by atoms with Crippen molar-refractivity contribution >= 4 is 33.1 Å². The summed E-state index contributed by atoms with van der Waals surface area (Å²) in [4.78, 5) is 19.2. The Kier molecular flexibility index (Phi) is 6.10. The Morgan fingerprint density at radius 1 is 0.967 bits per heavy atom. The summed E-state index contributed by atoms with van der Waals surface area (Å²) in [6.07, 6.45) is 0.813. The third-order valence-corrected chi connectivity index (χ3v) is 6.08. The SMILES string of the molecule is CC(Nc1ccc(Cc2nc3ccccc3s2)cc1)C(=O)N(C)Cc1ccccc1. The lowest BCUT2D eigenvalue weighted by Gasteiger charge is -2.23. The van der Waals surface area contributed by atoms with Crippen molar-refractivity contribution in [2.24, 2.45) is 0 Å². The molecule has 0 bridgehead atoms. The van der Waals surface area contributed by atoms with Crippen molar-refractivity contribution in [1.82, 2.24) is 9.88 Å². The van der Waals surface area contributed by atoms with Crippen LogP contribution in [-0.4, -0.2) is 28.9 Å². The maximum absolute atomic E-state index is 12.7. The minimum absolute atomic E-state index is 0.0670. The van der Waals surface area contributed by atoms with Crippen LogP contribution in [0.25, 0.3) is 10.2 Å². The van der Waals surface area contributed by atoms with E-state index in [1.54, 1.807) is 16.2 Å². The molecule has 1 heterocycles. The molecule has 1 atom stereocenters. The van der Waals surface area contributed by atoms with E-state index in [-0.39, 0.29) is 11.9 Å². The van der Waals surface area contributed by atoms with Crippen molar-refractivity contribution in [3.63, 3.8) is 0 Å². The van der Waals surface area contributed by atoms with Crippen LogP contribution in [0.15, 0.2) is 78.9 Å². The van der Waals surface area contributed by atoms with E-state index in [1.807, 2.05) is 68.6 Å². The van der Waals surface area contributed by atoms with Crippen LogP contribution in [0.4, 0.5) is 5.69 Å². The van der Waals surface area contributed by atoms with Crippen LogP contribution in [0.1, 0.15) is 23.1 Å². The molecule has 1 N–H and O–H groups in total. The summed E-state index contributed by atoms with van der Waals surface area (Å²) in [7, 11) is 1.84. The highest BCUT2D eigenvalue weighted by atomic mass is 32.1. The minimum Gasteiger partial charge on any atom is -0.374 e. The number of carbonyl (C=O) groups is 1. The quantitative estimate of drug-likeness (QED) is 0.443. The summed E-state index contributed by atoms with van der Waals surface area (Å²) in [6.45, 7) is 2.51. The number of nitrogens with one attached hydrogen (secondary N) is 1. The van der Waals surface area contributed by atoms with Gasteiger partial charge in [-0.05, 0) is 42.3 Å². The average Bonchev–Trinajstić information content (AvgIpc) is 3.17. The smallest absolute Gasteiger partial charge is 0.244 e. The Hall–Kier alpha value is -3.18. The molecule has 0 aliphatic carbocycles. The van der Waals surface area contributed by atoms with Crippen LogP contribution in [0.3, 0.4) is 0 Å². The van der Waals surface area contributed by atoms with Crippen LogP contribution in [0, 0.1) is 0 Å². The fourth-order valence-electron chi connectivity index (χ4n) is 3.47. The molecule has 4 rings (SSSR count). The van der Waals surface area contributed by atoms with Gasteiger partial charge in [0, 0.05) is 25.7 Å². The number of para-hydroxylation sites is 1. The molecule has 4 aromatic rings. The first-order valence-electron chi connectivity index (χ1n) is 10.1. The molecule has 0 fully saturated rings. The Labute approximate surface area is 181 Å². The van der Waals surface area contributed by atoms with Gasteiger partial charge in [0.15, 0.2) is 0 Å². The summed E-state index contributed by atoms with van der Waals surface area (Å²) >= 11 is 1.74. The molecule has 0 aliphatic rings. The maximum atomic E-state index is 12.7. The number of benzene rings is 3. The summed E-state index contributed by atoms with van der Waals surface area (Å²) in [6, 6.07) is 26.2. The molecule has 1 aromatic heterocycles. The predicted molar refractivity (Wildman–Crippen MR) is 125 cm³/mol. The fourth-order valence-corrected chi connectivity index (χ4v) is 4.47. The highest BCUT2D eigenvalue weighted by Gasteiger charge is 2.17. The molecule has 0 radical (unpaired) electrons. The number of rotatable bonds is 7. The maximum Gasteiger partial charge on any atom is 0.244 e. The average molecular weight is 416 g/mol. The highest BCUT2D eigenvalue weighted by Crippen LogP contribution is 2.24. The summed E-state index contributed by atoms with van der Waals surface area (Å²) in [5.41, 5.74) is 4.33. The lowest BCUT2D eigenvalue weighted by molar-refractivity contribution is -0.130. The third-order valence-electron chi connectivity index (χ3n) is 5.04.